The van der Waals surface area contributed by atoms with Crippen molar-refractivity contribution < 1.29 is 19.4 Å². The Labute approximate surface area is 111 Å². The quantitative estimate of drug-likeness (QED) is 0.789. The van der Waals surface area contributed by atoms with Gasteiger partial charge in [0.1, 0.15) is 11.2 Å². The van der Waals surface area contributed by atoms with Crippen LogP contribution in [0.15, 0.2) is 18.2 Å². The molecule has 1 fully saturated rings. The van der Waals surface area contributed by atoms with E-state index in [0.717, 1.165) is 11.1 Å². The second-order valence-corrected chi connectivity index (χ2v) is 4.89. The van der Waals surface area contributed by atoms with Gasteiger partial charge in [-0.25, -0.2) is 0 Å². The summed E-state index contributed by atoms with van der Waals surface area (Å²) in [6.45, 7) is 2.23. The van der Waals surface area contributed by atoms with Gasteiger partial charge in [0.15, 0.2) is 0 Å². The van der Waals surface area contributed by atoms with Crippen LogP contribution in [0.25, 0.3) is 0 Å². The number of carboxylic acid groups (broad SMARTS) is 1. The predicted octanol–water partition coefficient (Wildman–Crippen LogP) is 1.48. The predicted molar refractivity (Wildman–Crippen MR) is 68.9 cm³/mol. The molecule has 0 saturated heterocycles. The number of carbonyl (C=O) groups excluding carboxylic acids is 1. The number of methoxy groups -OCH3 is 1. The molecule has 1 saturated carbocycles. The van der Waals surface area contributed by atoms with Gasteiger partial charge in [-0.1, -0.05) is 17.7 Å². The fourth-order valence-corrected chi connectivity index (χ4v) is 2.05. The van der Waals surface area contributed by atoms with E-state index in [9.17, 15) is 9.59 Å². The van der Waals surface area contributed by atoms with Gasteiger partial charge in [0, 0.05) is 12.1 Å². The minimum atomic E-state index is -1.20. The highest BCUT2D eigenvalue weighted by Gasteiger charge is 2.56. The lowest BCUT2D eigenvalue weighted by molar-refractivity contribution is -0.149. The molecule has 102 valence electrons. The molecule has 0 unspecified atom stereocenters. The van der Waals surface area contributed by atoms with Crippen molar-refractivity contribution in [2.75, 3.05) is 7.11 Å². The van der Waals surface area contributed by atoms with Gasteiger partial charge in [0.05, 0.1) is 7.11 Å². The van der Waals surface area contributed by atoms with Crippen LogP contribution in [0, 0.1) is 12.3 Å². The van der Waals surface area contributed by atoms with E-state index in [-0.39, 0.29) is 6.54 Å². The van der Waals surface area contributed by atoms with Crippen LogP contribution < -0.4 is 10.1 Å². The second kappa shape index (κ2) is 4.91. The third kappa shape index (κ3) is 2.54. The monoisotopic (exact) mass is 263 g/mol. The molecule has 1 aromatic carbocycles. The first-order valence-electron chi connectivity index (χ1n) is 6.15. The fourth-order valence-electron chi connectivity index (χ4n) is 2.05. The number of benzene rings is 1. The van der Waals surface area contributed by atoms with Crippen molar-refractivity contribution in [3.63, 3.8) is 0 Å². The van der Waals surface area contributed by atoms with E-state index < -0.39 is 17.3 Å². The molecule has 0 atom stereocenters. The number of aliphatic carboxylic acids is 1. The maximum Gasteiger partial charge on any atom is 0.319 e. The Morgan fingerprint density at radius 2 is 2.11 bits per heavy atom. The van der Waals surface area contributed by atoms with Crippen molar-refractivity contribution in [1.82, 2.24) is 5.32 Å². The molecule has 0 aromatic heterocycles. The van der Waals surface area contributed by atoms with Crippen LogP contribution in [0.3, 0.4) is 0 Å². The lowest BCUT2D eigenvalue weighted by Crippen LogP contribution is -2.36. The number of aryl methyl sites for hydroxylation is 1. The average molecular weight is 263 g/mol. The van der Waals surface area contributed by atoms with E-state index in [1.165, 1.54) is 0 Å². The van der Waals surface area contributed by atoms with E-state index in [2.05, 4.69) is 5.32 Å². The normalized spacial score (nSPS) is 15.7. The molecule has 2 N–H and O–H groups in total. The molecule has 19 heavy (non-hydrogen) atoms. The third-order valence-corrected chi connectivity index (χ3v) is 3.47. The lowest BCUT2D eigenvalue weighted by Gasteiger charge is -2.13. The van der Waals surface area contributed by atoms with Crippen LogP contribution in [-0.2, 0) is 16.1 Å². The maximum absolute atomic E-state index is 11.9. The summed E-state index contributed by atoms with van der Waals surface area (Å²) in [7, 11) is 1.57. The number of ether oxygens (including phenoxy) is 1. The van der Waals surface area contributed by atoms with Crippen LogP contribution in [-0.4, -0.2) is 24.1 Å². The lowest BCUT2D eigenvalue weighted by atomic mass is 10.1. The first-order chi connectivity index (χ1) is 8.99. The summed E-state index contributed by atoms with van der Waals surface area (Å²) in [5.41, 5.74) is 0.707. The van der Waals surface area contributed by atoms with Crippen molar-refractivity contribution in [2.45, 2.75) is 26.3 Å². The number of rotatable bonds is 5. The number of hydrogen-bond acceptors (Lipinski definition) is 3. The molecule has 0 heterocycles. The Morgan fingerprint density at radius 1 is 1.42 bits per heavy atom. The zero-order valence-electron chi connectivity index (χ0n) is 11.0. The molecule has 5 heteroatoms. The molecular weight excluding hydrogens is 246 g/mol. The molecule has 0 bridgehead atoms. The Bertz CT molecular complexity index is 520. The van der Waals surface area contributed by atoms with Gasteiger partial charge in [0.25, 0.3) is 0 Å². The molecule has 1 amide bonds. The first-order valence-corrected chi connectivity index (χ1v) is 6.15. The van der Waals surface area contributed by atoms with Gasteiger partial charge in [-0.3, -0.25) is 9.59 Å². The second-order valence-electron chi connectivity index (χ2n) is 4.89. The molecule has 0 spiro atoms. The summed E-state index contributed by atoms with van der Waals surface area (Å²) < 4.78 is 5.21. The summed E-state index contributed by atoms with van der Waals surface area (Å²) in [4.78, 5) is 22.9. The number of carbonyl (C=O) groups is 2. The first kappa shape index (κ1) is 13.4. The molecular formula is C14H17NO4. The number of hydrogen-bond donors (Lipinski definition) is 2. The fraction of sp³-hybridized carbons (Fsp3) is 0.429. The third-order valence-electron chi connectivity index (χ3n) is 3.47. The van der Waals surface area contributed by atoms with Crippen LogP contribution >= 0.6 is 0 Å². The molecule has 5 nitrogen and oxygen atoms in total. The van der Waals surface area contributed by atoms with Gasteiger partial charge in [-0.05, 0) is 25.8 Å². The minimum Gasteiger partial charge on any atom is -0.496 e. The van der Waals surface area contributed by atoms with E-state index in [0.29, 0.717) is 18.6 Å². The van der Waals surface area contributed by atoms with Crippen LogP contribution in [0.4, 0.5) is 0 Å². The minimum absolute atomic E-state index is 0.277. The Morgan fingerprint density at radius 3 is 2.63 bits per heavy atom. The summed E-state index contributed by atoms with van der Waals surface area (Å²) in [6.07, 6.45) is 0.832. The van der Waals surface area contributed by atoms with Crippen molar-refractivity contribution in [2.24, 2.45) is 5.41 Å². The van der Waals surface area contributed by atoms with Crippen molar-refractivity contribution in [1.29, 1.82) is 0 Å². The molecule has 1 aromatic rings. The largest absolute Gasteiger partial charge is 0.496 e. The summed E-state index contributed by atoms with van der Waals surface area (Å²) in [5, 5.41) is 11.7. The van der Waals surface area contributed by atoms with Gasteiger partial charge >= 0.3 is 5.97 Å². The summed E-state index contributed by atoms with van der Waals surface area (Å²) >= 11 is 0. The molecule has 2 rings (SSSR count). The van der Waals surface area contributed by atoms with E-state index >= 15 is 0 Å². The SMILES string of the molecule is COc1ccc(C)cc1CNC(=O)C1(C(=O)O)CC1. The molecule has 1 aliphatic carbocycles. The number of carboxylic acids is 1. The highest BCUT2D eigenvalue weighted by Crippen LogP contribution is 2.46. The highest BCUT2D eigenvalue weighted by atomic mass is 16.5. The van der Waals surface area contributed by atoms with Crippen molar-refractivity contribution >= 4 is 11.9 Å². The van der Waals surface area contributed by atoms with Gasteiger partial charge in [0.2, 0.25) is 5.91 Å². The Balaban J connectivity index is 2.05. The molecule has 0 aliphatic heterocycles. The topological polar surface area (TPSA) is 75.6 Å². The maximum atomic E-state index is 11.9. The van der Waals surface area contributed by atoms with E-state index in [1.54, 1.807) is 7.11 Å². The zero-order valence-corrected chi connectivity index (χ0v) is 11.0. The van der Waals surface area contributed by atoms with Crippen molar-refractivity contribution in [3.05, 3.63) is 29.3 Å². The smallest absolute Gasteiger partial charge is 0.319 e. The summed E-state index contributed by atoms with van der Waals surface area (Å²) in [5.74, 6) is -0.768. The summed E-state index contributed by atoms with van der Waals surface area (Å²) in [6, 6.07) is 5.67. The Kier molecular flexibility index (Phi) is 3.46. The van der Waals surface area contributed by atoms with Crippen molar-refractivity contribution in [3.8, 4) is 5.75 Å². The van der Waals surface area contributed by atoms with E-state index in [4.69, 9.17) is 9.84 Å². The van der Waals surface area contributed by atoms with Crippen LogP contribution in [0.1, 0.15) is 24.0 Å². The molecule has 0 radical (unpaired) electrons. The van der Waals surface area contributed by atoms with Crippen LogP contribution in [0.2, 0.25) is 0 Å². The molecule has 1 aliphatic rings. The zero-order chi connectivity index (χ0) is 14.0. The average Bonchev–Trinajstić information content (AvgIpc) is 3.17. The number of nitrogens with one attached hydrogen (secondary N) is 1. The van der Waals surface area contributed by atoms with Gasteiger partial charge in [-0.2, -0.15) is 0 Å². The van der Waals surface area contributed by atoms with Gasteiger partial charge < -0.3 is 15.2 Å². The Hall–Kier alpha value is -2.04. The standard InChI is InChI=1S/C14H17NO4/c1-9-3-4-11(19-2)10(7-9)8-15-12(16)14(5-6-14)13(17)18/h3-4,7H,5-6,8H2,1-2H3,(H,15,16)(H,17,18). The highest BCUT2D eigenvalue weighted by molar-refractivity contribution is 6.04. The number of amides is 1. The van der Waals surface area contributed by atoms with Crippen LogP contribution in [0.5, 0.6) is 5.75 Å². The van der Waals surface area contributed by atoms with E-state index in [1.807, 2.05) is 25.1 Å². The van der Waals surface area contributed by atoms with Gasteiger partial charge in [-0.15, -0.1) is 0 Å².